The molecule has 1 N–H and O–H groups in total. The monoisotopic (exact) mass is 191 g/mol. The summed E-state index contributed by atoms with van der Waals surface area (Å²) in [6.07, 6.45) is 5.38. The molecule has 0 aromatic carbocycles. The highest BCUT2D eigenvalue weighted by Crippen LogP contribution is 1.83. The molecule has 54 valence electrons. The van der Waals surface area contributed by atoms with E-state index >= 15 is 0 Å². The summed E-state index contributed by atoms with van der Waals surface area (Å²) >= 11 is 3.36. The van der Waals surface area contributed by atoms with Gasteiger partial charge < -0.3 is 5.32 Å². The minimum atomic E-state index is 1.00. The van der Waals surface area contributed by atoms with Crippen molar-refractivity contribution in [1.29, 1.82) is 0 Å². The lowest BCUT2D eigenvalue weighted by Gasteiger charge is -1.96. The van der Waals surface area contributed by atoms with Gasteiger partial charge in [0.25, 0.3) is 0 Å². The number of rotatable bonds is 5. The van der Waals surface area contributed by atoms with E-state index in [-0.39, 0.29) is 0 Å². The van der Waals surface area contributed by atoms with E-state index in [1.165, 1.54) is 6.42 Å². The van der Waals surface area contributed by atoms with Crippen molar-refractivity contribution in [2.45, 2.75) is 13.3 Å². The Kier molecular flexibility index (Phi) is 8.34. The second-order valence-corrected chi connectivity index (χ2v) is 2.61. The van der Waals surface area contributed by atoms with Crippen molar-refractivity contribution in [2.75, 3.05) is 18.4 Å². The van der Waals surface area contributed by atoms with Gasteiger partial charge in [-0.25, -0.2) is 0 Å². The summed E-state index contributed by atoms with van der Waals surface area (Å²) in [4.78, 5) is 0. The Morgan fingerprint density at radius 2 is 2.33 bits per heavy atom. The zero-order valence-corrected chi connectivity index (χ0v) is 7.45. The van der Waals surface area contributed by atoms with Crippen molar-refractivity contribution in [3.63, 3.8) is 0 Å². The van der Waals surface area contributed by atoms with Crippen molar-refractivity contribution < 1.29 is 0 Å². The van der Waals surface area contributed by atoms with E-state index in [0.29, 0.717) is 0 Å². The van der Waals surface area contributed by atoms with Gasteiger partial charge in [-0.2, -0.15) is 0 Å². The number of nitrogens with one attached hydrogen (secondary N) is 1. The zero-order valence-electron chi connectivity index (χ0n) is 5.86. The number of halogens is 1. The lowest BCUT2D eigenvalue weighted by atomic mass is 10.4. The summed E-state index contributed by atoms with van der Waals surface area (Å²) < 4.78 is 0. The fraction of sp³-hybridized carbons (Fsp3) is 0.714. The average Bonchev–Trinajstić information content (AvgIpc) is 1.89. The lowest BCUT2D eigenvalue weighted by molar-refractivity contribution is 0.735. The Labute approximate surface area is 65.7 Å². The van der Waals surface area contributed by atoms with E-state index in [2.05, 4.69) is 33.4 Å². The highest BCUT2D eigenvalue weighted by molar-refractivity contribution is 9.09. The highest BCUT2D eigenvalue weighted by Gasteiger charge is 1.80. The Hall–Kier alpha value is 0.180. The van der Waals surface area contributed by atoms with E-state index in [9.17, 15) is 0 Å². The molecule has 0 rings (SSSR count). The first kappa shape index (κ1) is 9.18. The van der Waals surface area contributed by atoms with Crippen LogP contribution in [-0.2, 0) is 0 Å². The largest absolute Gasteiger partial charge is 0.313 e. The van der Waals surface area contributed by atoms with Crippen LogP contribution in [0.5, 0.6) is 0 Å². The van der Waals surface area contributed by atoms with Gasteiger partial charge in [-0.1, -0.05) is 28.1 Å². The van der Waals surface area contributed by atoms with Crippen molar-refractivity contribution in [2.24, 2.45) is 0 Å². The first-order valence-electron chi connectivity index (χ1n) is 3.29. The third-order valence-electron chi connectivity index (χ3n) is 0.985. The molecular formula is C7H14BrN. The van der Waals surface area contributed by atoms with Gasteiger partial charge in [0.05, 0.1) is 0 Å². The number of allylic oxidation sites excluding steroid dienone is 1. The molecule has 0 unspecified atom stereocenters. The second-order valence-electron chi connectivity index (χ2n) is 1.82. The number of hydrogen-bond acceptors (Lipinski definition) is 1. The molecule has 1 nitrogen and oxygen atoms in total. The molecule has 0 aromatic rings. The van der Waals surface area contributed by atoms with Gasteiger partial charge in [-0.3, -0.25) is 0 Å². The normalized spacial score (nSPS) is 10.9. The molecule has 0 spiro atoms. The molecule has 0 saturated carbocycles. The standard InChI is InChI=1S/C7H14BrN/c1-2-3-6-9-7-4-5-8/h2-3,9H,4-7H2,1H3/b3-2+. The topological polar surface area (TPSA) is 12.0 Å². The molecule has 0 radical (unpaired) electrons. The van der Waals surface area contributed by atoms with Gasteiger partial charge in [0, 0.05) is 11.9 Å². The van der Waals surface area contributed by atoms with Crippen LogP contribution in [0, 0.1) is 0 Å². The molecular weight excluding hydrogens is 178 g/mol. The minimum absolute atomic E-state index is 1.00. The highest BCUT2D eigenvalue weighted by atomic mass is 79.9. The molecule has 0 atom stereocenters. The molecule has 9 heavy (non-hydrogen) atoms. The Balaban J connectivity index is 2.75. The second kappa shape index (κ2) is 8.18. The van der Waals surface area contributed by atoms with Crippen LogP contribution in [0.3, 0.4) is 0 Å². The van der Waals surface area contributed by atoms with E-state index in [1.807, 2.05) is 6.92 Å². The van der Waals surface area contributed by atoms with Crippen LogP contribution in [0.15, 0.2) is 12.2 Å². The van der Waals surface area contributed by atoms with Gasteiger partial charge in [-0.05, 0) is 19.9 Å². The molecule has 0 bridgehead atoms. The van der Waals surface area contributed by atoms with Gasteiger partial charge in [-0.15, -0.1) is 0 Å². The van der Waals surface area contributed by atoms with Crippen LogP contribution in [0.1, 0.15) is 13.3 Å². The SMILES string of the molecule is C/C=C/CNCCCBr. The van der Waals surface area contributed by atoms with Crippen LogP contribution in [-0.4, -0.2) is 18.4 Å². The van der Waals surface area contributed by atoms with Crippen LogP contribution in [0.25, 0.3) is 0 Å². The van der Waals surface area contributed by atoms with Crippen LogP contribution >= 0.6 is 15.9 Å². The molecule has 0 aliphatic rings. The quantitative estimate of drug-likeness (QED) is 0.398. The smallest absolute Gasteiger partial charge is 0.0134 e. The Morgan fingerprint density at radius 3 is 2.89 bits per heavy atom. The van der Waals surface area contributed by atoms with Crippen LogP contribution < -0.4 is 5.32 Å². The maximum atomic E-state index is 3.36. The summed E-state index contributed by atoms with van der Waals surface area (Å²) in [7, 11) is 0. The molecule has 0 aliphatic carbocycles. The van der Waals surface area contributed by atoms with Crippen molar-refractivity contribution in [3.8, 4) is 0 Å². The first-order chi connectivity index (χ1) is 4.41. The summed E-state index contributed by atoms with van der Waals surface area (Å²) in [5, 5.41) is 4.36. The molecule has 0 heterocycles. The molecule has 0 saturated heterocycles. The maximum Gasteiger partial charge on any atom is 0.0134 e. The van der Waals surface area contributed by atoms with Crippen molar-refractivity contribution >= 4 is 15.9 Å². The van der Waals surface area contributed by atoms with Gasteiger partial charge in [0.2, 0.25) is 0 Å². The van der Waals surface area contributed by atoms with Crippen LogP contribution in [0.4, 0.5) is 0 Å². The predicted molar refractivity (Wildman–Crippen MR) is 46.1 cm³/mol. The molecule has 0 amide bonds. The molecule has 0 fully saturated rings. The fourth-order valence-electron chi connectivity index (χ4n) is 0.495. The van der Waals surface area contributed by atoms with Crippen molar-refractivity contribution in [1.82, 2.24) is 5.32 Å². The number of hydrogen-bond donors (Lipinski definition) is 1. The van der Waals surface area contributed by atoms with E-state index in [0.717, 1.165) is 18.4 Å². The zero-order chi connectivity index (χ0) is 6.95. The Bertz CT molecular complexity index is 71.3. The fourth-order valence-corrected chi connectivity index (χ4v) is 0.775. The van der Waals surface area contributed by atoms with Gasteiger partial charge in [0.15, 0.2) is 0 Å². The molecule has 0 aromatic heterocycles. The maximum absolute atomic E-state index is 3.36. The average molecular weight is 192 g/mol. The van der Waals surface area contributed by atoms with E-state index < -0.39 is 0 Å². The van der Waals surface area contributed by atoms with E-state index in [1.54, 1.807) is 0 Å². The van der Waals surface area contributed by atoms with Crippen molar-refractivity contribution in [3.05, 3.63) is 12.2 Å². The first-order valence-corrected chi connectivity index (χ1v) is 4.41. The third-order valence-corrected chi connectivity index (χ3v) is 1.55. The summed E-state index contributed by atoms with van der Waals surface area (Å²) in [5.41, 5.74) is 0. The third kappa shape index (κ3) is 8.18. The summed E-state index contributed by atoms with van der Waals surface area (Å²) in [6, 6.07) is 0. The van der Waals surface area contributed by atoms with Crippen LogP contribution in [0.2, 0.25) is 0 Å². The van der Waals surface area contributed by atoms with Gasteiger partial charge >= 0.3 is 0 Å². The Morgan fingerprint density at radius 1 is 1.56 bits per heavy atom. The minimum Gasteiger partial charge on any atom is -0.313 e. The summed E-state index contributed by atoms with van der Waals surface area (Å²) in [5.74, 6) is 0. The van der Waals surface area contributed by atoms with Gasteiger partial charge in [0.1, 0.15) is 0 Å². The summed E-state index contributed by atoms with van der Waals surface area (Å²) in [6.45, 7) is 4.14. The number of alkyl halides is 1. The molecule has 0 aliphatic heterocycles. The lowest BCUT2D eigenvalue weighted by Crippen LogP contribution is -2.14. The van der Waals surface area contributed by atoms with E-state index in [4.69, 9.17) is 0 Å². The molecule has 2 heteroatoms. The predicted octanol–water partition coefficient (Wildman–Crippen LogP) is 1.94.